The van der Waals surface area contributed by atoms with Crippen molar-refractivity contribution in [2.45, 2.75) is 31.0 Å². The van der Waals surface area contributed by atoms with Crippen molar-refractivity contribution in [3.63, 3.8) is 0 Å². The van der Waals surface area contributed by atoms with Crippen LogP contribution in [0.15, 0.2) is 0 Å². The summed E-state index contributed by atoms with van der Waals surface area (Å²) in [5, 5.41) is 27.3. The van der Waals surface area contributed by atoms with Crippen LogP contribution < -0.4 is 0 Å². The van der Waals surface area contributed by atoms with Crippen molar-refractivity contribution in [3.05, 3.63) is 0 Å². The predicted molar refractivity (Wildman–Crippen MR) is 39.4 cm³/mol. The van der Waals surface area contributed by atoms with E-state index in [1.165, 1.54) is 7.11 Å². The largest absolute Gasteiger partial charge is 0.394 e. The molecule has 1 saturated heterocycles. The van der Waals surface area contributed by atoms with Crippen LogP contribution >= 0.6 is 0 Å². The Morgan fingerprint density at radius 2 is 2.17 bits per heavy atom. The molecule has 3 N–H and O–H groups in total. The molecule has 1 heterocycles. The lowest BCUT2D eigenvalue weighted by atomic mass is 10.0. The van der Waals surface area contributed by atoms with Crippen molar-refractivity contribution in [2.24, 2.45) is 0 Å². The molecule has 1 aliphatic heterocycles. The van der Waals surface area contributed by atoms with Gasteiger partial charge in [-0.25, -0.2) is 0 Å². The maximum Gasteiger partial charge on any atom is 0.160 e. The third-order valence-corrected chi connectivity index (χ3v) is 1.98. The van der Waals surface area contributed by atoms with Gasteiger partial charge in [0.2, 0.25) is 0 Å². The van der Waals surface area contributed by atoms with Crippen LogP contribution in [0.5, 0.6) is 0 Å². The molecule has 1 fully saturated rings. The molecular formula is C7H14O5. The van der Waals surface area contributed by atoms with E-state index in [0.717, 1.165) is 0 Å². The van der Waals surface area contributed by atoms with Gasteiger partial charge in [-0.05, 0) is 0 Å². The minimum atomic E-state index is -1.03. The van der Waals surface area contributed by atoms with Crippen molar-refractivity contribution < 1.29 is 24.8 Å². The van der Waals surface area contributed by atoms with Gasteiger partial charge < -0.3 is 24.8 Å². The van der Waals surface area contributed by atoms with Gasteiger partial charge in [0.15, 0.2) is 6.29 Å². The van der Waals surface area contributed by atoms with E-state index in [9.17, 15) is 10.2 Å². The maximum absolute atomic E-state index is 9.26. The molecule has 0 saturated carbocycles. The fourth-order valence-corrected chi connectivity index (χ4v) is 1.22. The van der Waals surface area contributed by atoms with Crippen LogP contribution in [0.4, 0.5) is 0 Å². The standard InChI is InChI=1S/C7H14O5/c1-11-6-2-4(9)7(10)5(3-8)12-6/h4-10H,2-3H2,1H3/t4-,5+,6-,7+/m0/s1. The molecule has 0 radical (unpaired) electrons. The molecule has 4 atom stereocenters. The van der Waals surface area contributed by atoms with Crippen LogP contribution in [0.3, 0.4) is 0 Å². The highest BCUT2D eigenvalue weighted by molar-refractivity contribution is 4.81. The monoisotopic (exact) mass is 178 g/mol. The number of hydrogen-bond donors (Lipinski definition) is 3. The molecule has 72 valence electrons. The smallest absolute Gasteiger partial charge is 0.160 e. The van der Waals surface area contributed by atoms with Crippen LogP contribution in [-0.2, 0) is 9.47 Å². The van der Waals surface area contributed by atoms with Gasteiger partial charge in [0.1, 0.15) is 12.2 Å². The van der Waals surface area contributed by atoms with E-state index in [0.29, 0.717) is 0 Å². The Bertz CT molecular complexity index is 140. The van der Waals surface area contributed by atoms with E-state index in [1.54, 1.807) is 0 Å². The normalized spacial score (nSPS) is 43.0. The van der Waals surface area contributed by atoms with Crippen molar-refractivity contribution in [1.82, 2.24) is 0 Å². The summed E-state index contributed by atoms with van der Waals surface area (Å²) in [6, 6.07) is 0. The Morgan fingerprint density at radius 3 is 2.67 bits per heavy atom. The number of aliphatic hydroxyl groups excluding tert-OH is 3. The second kappa shape index (κ2) is 4.15. The zero-order valence-corrected chi connectivity index (χ0v) is 6.88. The van der Waals surface area contributed by atoms with Crippen LogP contribution in [0.25, 0.3) is 0 Å². The van der Waals surface area contributed by atoms with E-state index in [-0.39, 0.29) is 13.0 Å². The van der Waals surface area contributed by atoms with Gasteiger partial charge in [-0.3, -0.25) is 0 Å². The number of aliphatic hydroxyl groups is 3. The molecule has 5 heteroatoms. The first-order chi connectivity index (χ1) is 5.69. The summed E-state index contributed by atoms with van der Waals surface area (Å²) in [6.07, 6.45) is -2.98. The Morgan fingerprint density at radius 1 is 1.50 bits per heavy atom. The minimum Gasteiger partial charge on any atom is -0.394 e. The highest BCUT2D eigenvalue weighted by Gasteiger charge is 2.36. The fourth-order valence-electron chi connectivity index (χ4n) is 1.22. The molecule has 0 amide bonds. The fraction of sp³-hybridized carbons (Fsp3) is 1.00. The highest BCUT2D eigenvalue weighted by atomic mass is 16.7. The number of ether oxygens (including phenoxy) is 2. The summed E-state index contributed by atoms with van der Waals surface area (Å²) in [4.78, 5) is 0. The number of methoxy groups -OCH3 is 1. The first-order valence-electron chi connectivity index (χ1n) is 3.84. The summed E-state index contributed by atoms with van der Waals surface area (Å²) in [5.74, 6) is 0. The lowest BCUT2D eigenvalue weighted by Crippen LogP contribution is -2.50. The lowest BCUT2D eigenvalue weighted by Gasteiger charge is -2.35. The lowest BCUT2D eigenvalue weighted by molar-refractivity contribution is -0.248. The van der Waals surface area contributed by atoms with Gasteiger partial charge in [0.25, 0.3) is 0 Å². The van der Waals surface area contributed by atoms with Crippen LogP contribution in [0.2, 0.25) is 0 Å². The van der Waals surface area contributed by atoms with E-state index < -0.39 is 24.6 Å². The second-order valence-electron chi connectivity index (χ2n) is 2.82. The van der Waals surface area contributed by atoms with Crippen molar-refractivity contribution in [3.8, 4) is 0 Å². The van der Waals surface area contributed by atoms with Gasteiger partial charge in [-0.1, -0.05) is 0 Å². The zero-order chi connectivity index (χ0) is 9.14. The molecule has 0 aliphatic carbocycles. The molecule has 0 aromatic rings. The van der Waals surface area contributed by atoms with Gasteiger partial charge in [0.05, 0.1) is 12.7 Å². The molecule has 0 aromatic carbocycles. The molecule has 0 aromatic heterocycles. The second-order valence-corrected chi connectivity index (χ2v) is 2.82. The van der Waals surface area contributed by atoms with E-state index in [1.807, 2.05) is 0 Å². The molecule has 5 nitrogen and oxygen atoms in total. The first kappa shape index (κ1) is 9.88. The zero-order valence-electron chi connectivity index (χ0n) is 6.88. The van der Waals surface area contributed by atoms with Crippen molar-refractivity contribution >= 4 is 0 Å². The quantitative estimate of drug-likeness (QED) is 0.477. The first-order valence-corrected chi connectivity index (χ1v) is 3.84. The number of rotatable bonds is 2. The van der Waals surface area contributed by atoms with Crippen molar-refractivity contribution in [2.75, 3.05) is 13.7 Å². The average molecular weight is 178 g/mol. The molecule has 1 rings (SSSR count). The Labute approximate surface area is 70.5 Å². The Balaban J connectivity index is 2.52. The molecule has 0 spiro atoms. The molecule has 12 heavy (non-hydrogen) atoms. The third kappa shape index (κ3) is 1.94. The van der Waals surface area contributed by atoms with Gasteiger partial charge in [-0.15, -0.1) is 0 Å². The topological polar surface area (TPSA) is 79.2 Å². The van der Waals surface area contributed by atoms with E-state index in [4.69, 9.17) is 14.6 Å². The van der Waals surface area contributed by atoms with E-state index >= 15 is 0 Å². The maximum atomic E-state index is 9.26. The number of hydrogen-bond acceptors (Lipinski definition) is 5. The summed E-state index contributed by atoms with van der Waals surface area (Å²) < 4.78 is 9.92. The summed E-state index contributed by atoms with van der Waals surface area (Å²) in [5.41, 5.74) is 0. The van der Waals surface area contributed by atoms with Crippen LogP contribution in [0.1, 0.15) is 6.42 Å². The van der Waals surface area contributed by atoms with Gasteiger partial charge >= 0.3 is 0 Å². The highest BCUT2D eigenvalue weighted by Crippen LogP contribution is 2.20. The molecular weight excluding hydrogens is 164 g/mol. The molecule has 0 unspecified atom stereocenters. The molecule has 1 aliphatic rings. The van der Waals surface area contributed by atoms with Crippen LogP contribution in [0, 0.1) is 0 Å². The SMILES string of the molecule is CO[C@@H]1C[C@H](O)[C@@H](O)[C@@H](CO)O1. The summed E-state index contributed by atoms with van der Waals surface area (Å²) >= 11 is 0. The Hall–Kier alpha value is -0.200. The summed E-state index contributed by atoms with van der Waals surface area (Å²) in [6.45, 7) is -0.321. The average Bonchev–Trinajstić information content (AvgIpc) is 2.09. The van der Waals surface area contributed by atoms with Gasteiger partial charge in [-0.2, -0.15) is 0 Å². The minimum absolute atomic E-state index is 0.230. The van der Waals surface area contributed by atoms with Gasteiger partial charge in [0, 0.05) is 13.5 Å². The third-order valence-electron chi connectivity index (χ3n) is 1.98. The molecule has 0 bridgehead atoms. The van der Waals surface area contributed by atoms with E-state index in [2.05, 4.69) is 0 Å². The van der Waals surface area contributed by atoms with Crippen molar-refractivity contribution in [1.29, 1.82) is 0 Å². The van der Waals surface area contributed by atoms with Crippen LogP contribution in [-0.4, -0.2) is 53.6 Å². The predicted octanol–water partition coefficient (Wildman–Crippen LogP) is -1.54. The summed E-state index contributed by atoms with van der Waals surface area (Å²) in [7, 11) is 1.45. The Kier molecular flexibility index (Phi) is 3.42.